The van der Waals surface area contributed by atoms with E-state index in [4.69, 9.17) is 4.98 Å². The number of hydrogen-bond acceptors (Lipinski definition) is 1. The molecule has 0 unspecified atom stereocenters. The molecule has 0 N–H and O–H groups in total. The van der Waals surface area contributed by atoms with Crippen molar-refractivity contribution >= 4 is 32.3 Å². The van der Waals surface area contributed by atoms with Gasteiger partial charge < -0.3 is 0 Å². The van der Waals surface area contributed by atoms with Gasteiger partial charge in [-0.3, -0.25) is 0 Å². The third kappa shape index (κ3) is 5.51. The van der Waals surface area contributed by atoms with Crippen LogP contribution >= 0.6 is 0 Å². The Hall–Kier alpha value is -7.87. The summed E-state index contributed by atoms with van der Waals surface area (Å²) in [7, 11) is 0. The van der Waals surface area contributed by atoms with E-state index >= 15 is 0 Å². The molecule has 12 rings (SSSR count). The van der Waals surface area contributed by atoms with Crippen molar-refractivity contribution in [1.82, 2.24) is 4.98 Å². The van der Waals surface area contributed by atoms with E-state index in [9.17, 15) is 0 Å². The van der Waals surface area contributed by atoms with E-state index in [-0.39, 0.29) is 0 Å². The Morgan fingerprint density at radius 3 is 1.49 bits per heavy atom. The van der Waals surface area contributed by atoms with Crippen LogP contribution in [0.2, 0.25) is 0 Å². The molecule has 0 bridgehead atoms. The summed E-state index contributed by atoms with van der Waals surface area (Å²) in [5.41, 5.74) is 16.2. The summed E-state index contributed by atoms with van der Waals surface area (Å²) in [6, 6.07) is 86.6. The molecule has 0 atom stereocenters. The van der Waals surface area contributed by atoms with Crippen LogP contribution in [0.3, 0.4) is 0 Å². The summed E-state index contributed by atoms with van der Waals surface area (Å²) in [5, 5.41) is 7.39. The SMILES string of the molecule is c1ccc(-c2cc(-c3ccccc3)nc(-c3cccc4c5ccccc5c5cc(-c6ccc7c(c6)C(c6ccccc6)(c6ccccc6)c6ccccc6-7)ccc5c34)c2)cc1. The Balaban J connectivity index is 1.10. The Labute approximate surface area is 355 Å². The third-order valence-electron chi connectivity index (χ3n) is 12.9. The number of nitrogens with zero attached hydrogens (tertiary/aromatic N) is 1. The Morgan fingerprint density at radius 1 is 0.262 bits per heavy atom. The molecule has 1 heteroatoms. The van der Waals surface area contributed by atoms with Crippen LogP contribution in [-0.2, 0) is 5.41 Å². The van der Waals surface area contributed by atoms with Gasteiger partial charge in [-0.25, -0.2) is 4.98 Å². The van der Waals surface area contributed by atoms with Gasteiger partial charge in [-0.2, -0.15) is 0 Å². The fourth-order valence-corrected chi connectivity index (χ4v) is 10.2. The van der Waals surface area contributed by atoms with E-state index in [1.165, 1.54) is 82.4 Å². The third-order valence-corrected chi connectivity index (χ3v) is 12.9. The normalized spacial score (nSPS) is 12.7. The van der Waals surface area contributed by atoms with Crippen molar-refractivity contribution in [3.8, 4) is 55.9 Å². The van der Waals surface area contributed by atoms with Crippen LogP contribution in [0.15, 0.2) is 237 Å². The maximum atomic E-state index is 5.42. The van der Waals surface area contributed by atoms with Gasteiger partial charge in [0.25, 0.3) is 0 Å². The minimum absolute atomic E-state index is 0.459. The number of fused-ring (bicyclic) bond motifs is 9. The second kappa shape index (κ2) is 14.2. The predicted octanol–water partition coefficient (Wildman–Crippen LogP) is 15.6. The van der Waals surface area contributed by atoms with Gasteiger partial charge in [0, 0.05) is 11.1 Å². The van der Waals surface area contributed by atoms with Crippen LogP contribution in [0.4, 0.5) is 0 Å². The van der Waals surface area contributed by atoms with Crippen molar-refractivity contribution in [1.29, 1.82) is 0 Å². The predicted molar refractivity (Wildman–Crippen MR) is 256 cm³/mol. The van der Waals surface area contributed by atoms with Gasteiger partial charge in [-0.05, 0) is 112 Å². The monoisotopic (exact) mass is 773 g/mol. The molecule has 1 aliphatic rings. The number of rotatable bonds is 6. The topological polar surface area (TPSA) is 12.9 Å². The zero-order chi connectivity index (χ0) is 40.3. The molecule has 0 aliphatic heterocycles. The van der Waals surface area contributed by atoms with Crippen LogP contribution in [0.1, 0.15) is 22.3 Å². The highest BCUT2D eigenvalue weighted by Crippen LogP contribution is 2.57. The molecule has 1 nitrogen and oxygen atoms in total. The quantitative estimate of drug-likeness (QED) is 0.153. The Bertz CT molecular complexity index is 3350. The second-order valence-electron chi connectivity index (χ2n) is 16.2. The molecule has 61 heavy (non-hydrogen) atoms. The van der Waals surface area contributed by atoms with E-state index in [0.717, 1.165) is 28.1 Å². The smallest absolute Gasteiger partial charge is 0.0722 e. The summed E-state index contributed by atoms with van der Waals surface area (Å²) < 4.78 is 0. The van der Waals surface area contributed by atoms with Crippen LogP contribution in [-0.4, -0.2) is 4.98 Å². The highest BCUT2D eigenvalue weighted by atomic mass is 14.7. The second-order valence-corrected chi connectivity index (χ2v) is 16.2. The molecule has 10 aromatic carbocycles. The highest BCUT2D eigenvalue weighted by Gasteiger charge is 2.46. The summed E-state index contributed by atoms with van der Waals surface area (Å²) in [6.45, 7) is 0. The summed E-state index contributed by atoms with van der Waals surface area (Å²) in [5.74, 6) is 0. The minimum Gasteiger partial charge on any atom is -0.248 e. The first-order valence-corrected chi connectivity index (χ1v) is 21.1. The lowest BCUT2D eigenvalue weighted by atomic mass is 9.67. The summed E-state index contributed by atoms with van der Waals surface area (Å²) in [4.78, 5) is 5.42. The van der Waals surface area contributed by atoms with E-state index in [1.54, 1.807) is 0 Å². The van der Waals surface area contributed by atoms with E-state index in [0.29, 0.717) is 0 Å². The van der Waals surface area contributed by atoms with Crippen LogP contribution in [0.25, 0.3) is 88.2 Å². The van der Waals surface area contributed by atoms with Gasteiger partial charge in [0.2, 0.25) is 0 Å². The first kappa shape index (κ1) is 35.1. The fraction of sp³-hybridized carbons (Fsp3) is 0.0167. The number of aromatic nitrogens is 1. The maximum Gasteiger partial charge on any atom is 0.0722 e. The van der Waals surface area contributed by atoms with Gasteiger partial charge in [-0.15, -0.1) is 0 Å². The molecule has 0 saturated heterocycles. The molecule has 0 spiro atoms. The maximum absolute atomic E-state index is 5.42. The van der Waals surface area contributed by atoms with Crippen LogP contribution in [0.5, 0.6) is 0 Å². The fourth-order valence-electron chi connectivity index (χ4n) is 10.2. The first-order chi connectivity index (χ1) is 30.3. The van der Waals surface area contributed by atoms with Crippen molar-refractivity contribution < 1.29 is 0 Å². The van der Waals surface area contributed by atoms with Crippen molar-refractivity contribution in [2.45, 2.75) is 5.41 Å². The van der Waals surface area contributed by atoms with E-state index < -0.39 is 5.41 Å². The average molecular weight is 774 g/mol. The van der Waals surface area contributed by atoms with Gasteiger partial charge in [0.1, 0.15) is 0 Å². The largest absolute Gasteiger partial charge is 0.248 e. The summed E-state index contributed by atoms with van der Waals surface area (Å²) in [6.07, 6.45) is 0. The first-order valence-electron chi connectivity index (χ1n) is 21.1. The molecule has 0 saturated carbocycles. The Kier molecular flexibility index (Phi) is 8.15. The van der Waals surface area contributed by atoms with E-state index in [1.807, 2.05) is 0 Å². The van der Waals surface area contributed by atoms with Gasteiger partial charge >= 0.3 is 0 Å². The molecule has 1 aliphatic carbocycles. The van der Waals surface area contributed by atoms with Crippen LogP contribution in [0, 0.1) is 0 Å². The molecule has 1 heterocycles. The molecule has 11 aromatic rings. The standard InChI is InChI=1S/C60H39N/c1-5-18-40(19-6-1)44-38-57(41-20-7-2-8-21-41)61-58(39-44)53-30-17-29-51-47-26-13-14-27-48(47)54-36-42(33-35-52(54)59(51)53)43-32-34-50-49-28-15-16-31-55(49)60(56(50)37-43,45-22-9-3-10-23-45)46-24-11-4-12-25-46/h1-39H. The van der Waals surface area contributed by atoms with Crippen LogP contribution < -0.4 is 0 Å². The van der Waals surface area contributed by atoms with Crippen molar-refractivity contribution in [3.05, 3.63) is 259 Å². The minimum atomic E-state index is -0.459. The molecule has 1 aromatic heterocycles. The van der Waals surface area contributed by atoms with Gasteiger partial charge in [0.15, 0.2) is 0 Å². The summed E-state index contributed by atoms with van der Waals surface area (Å²) >= 11 is 0. The molecule has 0 fully saturated rings. The number of benzene rings is 10. The van der Waals surface area contributed by atoms with Gasteiger partial charge in [-0.1, -0.05) is 212 Å². The molecular formula is C60H39N. The number of hydrogen-bond donors (Lipinski definition) is 0. The van der Waals surface area contributed by atoms with Crippen molar-refractivity contribution in [2.75, 3.05) is 0 Å². The number of pyridine rings is 1. The lowest BCUT2D eigenvalue weighted by Crippen LogP contribution is -2.28. The van der Waals surface area contributed by atoms with Crippen molar-refractivity contribution in [3.63, 3.8) is 0 Å². The molecule has 284 valence electrons. The lowest BCUT2D eigenvalue weighted by molar-refractivity contribution is 0.769. The molecule has 0 amide bonds. The molecular weight excluding hydrogens is 735 g/mol. The Morgan fingerprint density at radius 2 is 0.770 bits per heavy atom. The van der Waals surface area contributed by atoms with E-state index in [2.05, 4.69) is 237 Å². The lowest BCUT2D eigenvalue weighted by Gasteiger charge is -2.34. The van der Waals surface area contributed by atoms with Gasteiger partial charge in [0.05, 0.1) is 16.8 Å². The zero-order valence-corrected chi connectivity index (χ0v) is 33.5. The average Bonchev–Trinajstić information content (AvgIpc) is 3.65. The van der Waals surface area contributed by atoms with Crippen molar-refractivity contribution in [2.24, 2.45) is 0 Å². The molecule has 0 radical (unpaired) electrons. The zero-order valence-electron chi connectivity index (χ0n) is 33.5. The highest BCUT2D eigenvalue weighted by molar-refractivity contribution is 6.28.